The lowest BCUT2D eigenvalue weighted by molar-refractivity contribution is -0.120. The average Bonchev–Trinajstić information content (AvgIpc) is 2.91. The summed E-state index contributed by atoms with van der Waals surface area (Å²) in [5, 5.41) is 9.45. The molecule has 0 saturated carbocycles. The summed E-state index contributed by atoms with van der Waals surface area (Å²) in [6, 6.07) is 1.90. The van der Waals surface area contributed by atoms with Gasteiger partial charge in [0.15, 0.2) is 0 Å². The first kappa shape index (κ1) is 11.9. The van der Waals surface area contributed by atoms with Crippen molar-refractivity contribution in [3.05, 3.63) is 22.4 Å². The van der Waals surface area contributed by atoms with Crippen LogP contribution < -0.4 is 10.6 Å². The van der Waals surface area contributed by atoms with Crippen LogP contribution in [0, 0.1) is 0 Å². The Morgan fingerprint density at radius 3 is 3.12 bits per heavy atom. The zero-order valence-corrected chi connectivity index (χ0v) is 10.3. The Kier molecular flexibility index (Phi) is 3.98. The van der Waals surface area contributed by atoms with Crippen LogP contribution in [0.15, 0.2) is 16.8 Å². The SMILES string of the molecule is O=C(Cc1ccsc1)NCCN1CCNC1=O. The van der Waals surface area contributed by atoms with Crippen LogP contribution in [-0.2, 0) is 11.2 Å². The first-order chi connectivity index (χ1) is 8.25. The highest BCUT2D eigenvalue weighted by atomic mass is 32.1. The molecule has 1 aromatic heterocycles. The van der Waals surface area contributed by atoms with Gasteiger partial charge in [-0.15, -0.1) is 0 Å². The van der Waals surface area contributed by atoms with Crippen LogP contribution in [0.3, 0.4) is 0 Å². The molecule has 2 heterocycles. The van der Waals surface area contributed by atoms with Gasteiger partial charge in [-0.05, 0) is 22.4 Å². The van der Waals surface area contributed by atoms with E-state index >= 15 is 0 Å². The summed E-state index contributed by atoms with van der Waals surface area (Å²) in [5.74, 6) is 0.00278. The van der Waals surface area contributed by atoms with Crippen molar-refractivity contribution in [2.45, 2.75) is 6.42 Å². The van der Waals surface area contributed by atoms with Gasteiger partial charge in [-0.2, -0.15) is 11.3 Å². The largest absolute Gasteiger partial charge is 0.354 e. The summed E-state index contributed by atoms with van der Waals surface area (Å²) in [5.41, 5.74) is 1.03. The number of carbonyl (C=O) groups is 2. The topological polar surface area (TPSA) is 61.4 Å². The third-order valence-electron chi connectivity index (χ3n) is 2.59. The Labute approximate surface area is 104 Å². The molecule has 0 atom stereocenters. The van der Waals surface area contributed by atoms with Crippen LogP contribution in [0.25, 0.3) is 0 Å². The van der Waals surface area contributed by atoms with Gasteiger partial charge < -0.3 is 15.5 Å². The second-order valence-corrected chi connectivity index (χ2v) is 4.66. The summed E-state index contributed by atoms with van der Waals surface area (Å²) in [6.45, 7) is 2.50. The Morgan fingerprint density at radius 2 is 2.47 bits per heavy atom. The van der Waals surface area contributed by atoms with Crippen molar-refractivity contribution in [1.82, 2.24) is 15.5 Å². The molecule has 1 aromatic rings. The zero-order valence-electron chi connectivity index (χ0n) is 9.44. The highest BCUT2D eigenvalue weighted by Gasteiger charge is 2.18. The Hall–Kier alpha value is -1.56. The number of amides is 3. The van der Waals surface area contributed by atoms with Crippen LogP contribution in [0.1, 0.15) is 5.56 Å². The van der Waals surface area contributed by atoms with Crippen LogP contribution >= 0.6 is 11.3 Å². The van der Waals surface area contributed by atoms with E-state index in [0.717, 1.165) is 12.1 Å². The number of nitrogens with zero attached hydrogens (tertiary/aromatic N) is 1. The molecule has 5 nitrogen and oxygen atoms in total. The molecular weight excluding hydrogens is 238 g/mol. The molecule has 2 N–H and O–H groups in total. The van der Waals surface area contributed by atoms with Crippen molar-refractivity contribution in [1.29, 1.82) is 0 Å². The van der Waals surface area contributed by atoms with E-state index in [1.807, 2.05) is 16.8 Å². The third-order valence-corrected chi connectivity index (χ3v) is 3.33. The van der Waals surface area contributed by atoms with Crippen molar-refractivity contribution in [3.8, 4) is 0 Å². The normalized spacial score (nSPS) is 14.8. The fourth-order valence-electron chi connectivity index (χ4n) is 1.70. The third kappa shape index (κ3) is 3.45. The van der Waals surface area contributed by atoms with Crippen LogP contribution in [0.2, 0.25) is 0 Å². The summed E-state index contributed by atoms with van der Waals surface area (Å²) < 4.78 is 0. The van der Waals surface area contributed by atoms with E-state index in [9.17, 15) is 9.59 Å². The molecule has 92 valence electrons. The van der Waals surface area contributed by atoms with Crippen molar-refractivity contribution in [3.63, 3.8) is 0 Å². The smallest absolute Gasteiger partial charge is 0.317 e. The van der Waals surface area contributed by atoms with E-state index in [4.69, 9.17) is 0 Å². The van der Waals surface area contributed by atoms with Gasteiger partial charge in [-0.3, -0.25) is 4.79 Å². The number of urea groups is 1. The number of rotatable bonds is 5. The van der Waals surface area contributed by atoms with Crippen LogP contribution in [0.5, 0.6) is 0 Å². The van der Waals surface area contributed by atoms with Crippen molar-refractivity contribution in [2.75, 3.05) is 26.2 Å². The molecule has 1 aliphatic heterocycles. The second kappa shape index (κ2) is 5.67. The Balaban J connectivity index is 1.65. The lowest BCUT2D eigenvalue weighted by Crippen LogP contribution is -2.37. The van der Waals surface area contributed by atoms with E-state index in [0.29, 0.717) is 26.1 Å². The number of thiophene rings is 1. The van der Waals surface area contributed by atoms with E-state index < -0.39 is 0 Å². The second-order valence-electron chi connectivity index (χ2n) is 3.88. The fourth-order valence-corrected chi connectivity index (χ4v) is 2.36. The molecule has 0 aliphatic carbocycles. The maximum absolute atomic E-state index is 11.5. The highest BCUT2D eigenvalue weighted by molar-refractivity contribution is 7.07. The molecule has 0 aromatic carbocycles. The molecule has 6 heteroatoms. The molecule has 0 unspecified atom stereocenters. The zero-order chi connectivity index (χ0) is 12.1. The van der Waals surface area contributed by atoms with Crippen molar-refractivity contribution >= 4 is 23.3 Å². The summed E-state index contributed by atoms with van der Waals surface area (Å²) >= 11 is 1.58. The van der Waals surface area contributed by atoms with E-state index in [-0.39, 0.29) is 11.9 Å². The highest BCUT2D eigenvalue weighted by Crippen LogP contribution is 2.06. The lowest BCUT2D eigenvalue weighted by atomic mass is 10.2. The number of hydrogen-bond donors (Lipinski definition) is 2. The van der Waals surface area contributed by atoms with E-state index in [2.05, 4.69) is 10.6 Å². The van der Waals surface area contributed by atoms with Gasteiger partial charge in [-0.25, -0.2) is 4.79 Å². The molecule has 0 bridgehead atoms. The van der Waals surface area contributed by atoms with Crippen LogP contribution in [0.4, 0.5) is 4.79 Å². The van der Waals surface area contributed by atoms with E-state index in [1.165, 1.54) is 0 Å². The maximum atomic E-state index is 11.5. The first-order valence-corrected chi connectivity index (χ1v) is 6.50. The molecule has 1 fully saturated rings. The summed E-state index contributed by atoms with van der Waals surface area (Å²) in [7, 11) is 0. The van der Waals surface area contributed by atoms with Gasteiger partial charge in [0.1, 0.15) is 0 Å². The number of nitrogens with one attached hydrogen (secondary N) is 2. The first-order valence-electron chi connectivity index (χ1n) is 5.56. The minimum Gasteiger partial charge on any atom is -0.354 e. The minimum absolute atomic E-state index is 0.00278. The average molecular weight is 253 g/mol. The molecule has 3 amide bonds. The Bertz CT molecular complexity index is 391. The summed E-state index contributed by atoms with van der Waals surface area (Å²) in [6.07, 6.45) is 0.412. The summed E-state index contributed by atoms with van der Waals surface area (Å²) in [4.78, 5) is 24.4. The predicted molar refractivity (Wildman–Crippen MR) is 66.0 cm³/mol. The molecule has 17 heavy (non-hydrogen) atoms. The van der Waals surface area contributed by atoms with Gasteiger partial charge in [-0.1, -0.05) is 0 Å². The van der Waals surface area contributed by atoms with Gasteiger partial charge in [0.2, 0.25) is 5.91 Å². The number of carbonyl (C=O) groups excluding carboxylic acids is 2. The van der Waals surface area contributed by atoms with E-state index in [1.54, 1.807) is 16.2 Å². The predicted octanol–water partition coefficient (Wildman–Crippen LogP) is 0.432. The van der Waals surface area contributed by atoms with Crippen molar-refractivity contribution in [2.24, 2.45) is 0 Å². The molecule has 0 spiro atoms. The standard InChI is InChI=1S/C11H15N3O2S/c15-10(7-9-1-6-17-8-9)12-2-4-14-5-3-13-11(14)16/h1,6,8H,2-5,7H2,(H,12,15)(H,13,16). The molecule has 1 saturated heterocycles. The Morgan fingerprint density at radius 1 is 1.59 bits per heavy atom. The molecule has 0 radical (unpaired) electrons. The fraction of sp³-hybridized carbons (Fsp3) is 0.455. The van der Waals surface area contributed by atoms with Gasteiger partial charge in [0.25, 0.3) is 0 Å². The quantitative estimate of drug-likeness (QED) is 0.799. The van der Waals surface area contributed by atoms with Crippen LogP contribution in [-0.4, -0.2) is 43.0 Å². The lowest BCUT2D eigenvalue weighted by Gasteiger charge is -2.14. The van der Waals surface area contributed by atoms with Gasteiger partial charge >= 0.3 is 6.03 Å². The van der Waals surface area contributed by atoms with Gasteiger partial charge in [0.05, 0.1) is 6.42 Å². The molecular formula is C11H15N3O2S. The maximum Gasteiger partial charge on any atom is 0.317 e. The van der Waals surface area contributed by atoms with Gasteiger partial charge in [0, 0.05) is 26.2 Å². The monoisotopic (exact) mass is 253 g/mol. The molecule has 1 aliphatic rings. The minimum atomic E-state index is -0.0444. The molecule has 2 rings (SSSR count). The number of hydrogen-bond acceptors (Lipinski definition) is 3. The van der Waals surface area contributed by atoms with Crippen molar-refractivity contribution < 1.29 is 9.59 Å².